The topological polar surface area (TPSA) is 24.9 Å². The number of benzene rings is 1. The first-order valence-corrected chi connectivity index (χ1v) is 7.45. The summed E-state index contributed by atoms with van der Waals surface area (Å²) >= 11 is 1.55. The molecule has 3 rings (SSSR count). The van der Waals surface area contributed by atoms with Crippen molar-refractivity contribution in [3.05, 3.63) is 24.0 Å². The van der Waals surface area contributed by atoms with Crippen LogP contribution in [0.15, 0.2) is 18.2 Å². The van der Waals surface area contributed by atoms with Crippen LogP contribution in [-0.2, 0) is 0 Å². The third-order valence-electron chi connectivity index (χ3n) is 3.53. The molecule has 1 saturated carbocycles. The Morgan fingerprint density at radius 2 is 1.94 bits per heavy atom. The molecule has 0 aliphatic heterocycles. The molecule has 0 saturated heterocycles. The third kappa shape index (κ3) is 2.64. The number of anilines is 1. The van der Waals surface area contributed by atoms with Crippen LogP contribution >= 0.6 is 11.3 Å². The number of thiazole rings is 1. The molecule has 0 spiro atoms. The van der Waals surface area contributed by atoms with Crippen LogP contribution in [0, 0.1) is 5.82 Å². The molecule has 1 aromatic carbocycles. The zero-order chi connectivity index (χ0) is 12.4. The SMILES string of the molecule is Fc1ccc2nc(NC3CCCCCC3)sc2c1. The summed E-state index contributed by atoms with van der Waals surface area (Å²) in [5.74, 6) is -0.188. The summed E-state index contributed by atoms with van der Waals surface area (Å²) in [7, 11) is 0. The standard InChI is InChI=1S/C14H17FN2S/c15-10-7-8-12-13(9-10)18-14(17-12)16-11-5-3-1-2-4-6-11/h7-9,11H,1-6H2,(H,16,17). The van der Waals surface area contributed by atoms with Gasteiger partial charge < -0.3 is 5.32 Å². The first kappa shape index (κ1) is 11.9. The van der Waals surface area contributed by atoms with E-state index in [4.69, 9.17) is 0 Å². The lowest BCUT2D eigenvalue weighted by Crippen LogP contribution is -2.17. The van der Waals surface area contributed by atoms with Crippen molar-refractivity contribution in [1.82, 2.24) is 4.98 Å². The van der Waals surface area contributed by atoms with Gasteiger partial charge in [0, 0.05) is 6.04 Å². The van der Waals surface area contributed by atoms with Gasteiger partial charge in [0.25, 0.3) is 0 Å². The Bertz CT molecular complexity index is 530. The number of nitrogens with zero attached hydrogens (tertiary/aromatic N) is 1. The zero-order valence-corrected chi connectivity index (χ0v) is 11.1. The molecular weight excluding hydrogens is 247 g/mol. The van der Waals surface area contributed by atoms with Crippen LogP contribution in [0.2, 0.25) is 0 Å². The Hall–Kier alpha value is -1.16. The average Bonchev–Trinajstić information content (AvgIpc) is 2.57. The number of hydrogen-bond acceptors (Lipinski definition) is 3. The molecule has 1 fully saturated rings. The number of hydrogen-bond donors (Lipinski definition) is 1. The van der Waals surface area contributed by atoms with E-state index in [1.54, 1.807) is 23.5 Å². The largest absolute Gasteiger partial charge is 0.359 e. The van der Waals surface area contributed by atoms with Gasteiger partial charge in [-0.3, -0.25) is 0 Å². The summed E-state index contributed by atoms with van der Waals surface area (Å²) in [4.78, 5) is 4.52. The summed E-state index contributed by atoms with van der Waals surface area (Å²) in [5, 5.41) is 4.45. The molecule has 0 radical (unpaired) electrons. The Morgan fingerprint density at radius 3 is 2.72 bits per heavy atom. The maximum atomic E-state index is 13.1. The molecule has 1 N–H and O–H groups in total. The van der Waals surface area contributed by atoms with Crippen molar-refractivity contribution < 1.29 is 4.39 Å². The normalized spacial score (nSPS) is 17.8. The molecule has 0 atom stereocenters. The van der Waals surface area contributed by atoms with Gasteiger partial charge in [-0.15, -0.1) is 0 Å². The van der Waals surface area contributed by atoms with Gasteiger partial charge in [0.05, 0.1) is 10.2 Å². The van der Waals surface area contributed by atoms with E-state index < -0.39 is 0 Å². The number of fused-ring (bicyclic) bond motifs is 1. The van der Waals surface area contributed by atoms with Gasteiger partial charge in [-0.2, -0.15) is 0 Å². The fourth-order valence-corrected chi connectivity index (χ4v) is 3.53. The molecule has 1 aliphatic rings. The predicted molar refractivity (Wildman–Crippen MR) is 74.7 cm³/mol. The van der Waals surface area contributed by atoms with Crippen molar-refractivity contribution in [2.45, 2.75) is 44.6 Å². The van der Waals surface area contributed by atoms with Crippen molar-refractivity contribution in [3.8, 4) is 0 Å². The van der Waals surface area contributed by atoms with Gasteiger partial charge in [0.1, 0.15) is 5.82 Å². The van der Waals surface area contributed by atoms with E-state index in [1.807, 2.05) is 0 Å². The smallest absolute Gasteiger partial charge is 0.184 e. The molecule has 1 heterocycles. The molecule has 18 heavy (non-hydrogen) atoms. The number of nitrogens with one attached hydrogen (secondary N) is 1. The Labute approximate surface area is 110 Å². The van der Waals surface area contributed by atoms with Gasteiger partial charge >= 0.3 is 0 Å². The first-order chi connectivity index (χ1) is 8.81. The van der Waals surface area contributed by atoms with E-state index in [-0.39, 0.29) is 5.82 Å². The highest BCUT2D eigenvalue weighted by atomic mass is 32.1. The lowest BCUT2D eigenvalue weighted by Gasteiger charge is -2.14. The van der Waals surface area contributed by atoms with E-state index in [9.17, 15) is 4.39 Å². The Balaban J connectivity index is 1.77. The average molecular weight is 264 g/mol. The van der Waals surface area contributed by atoms with Gasteiger partial charge in [0.15, 0.2) is 5.13 Å². The van der Waals surface area contributed by atoms with Gasteiger partial charge in [0.2, 0.25) is 0 Å². The second kappa shape index (κ2) is 5.22. The molecule has 1 aliphatic carbocycles. The lowest BCUT2D eigenvalue weighted by atomic mass is 10.1. The molecule has 0 bridgehead atoms. The molecule has 4 heteroatoms. The fourth-order valence-electron chi connectivity index (χ4n) is 2.56. The van der Waals surface area contributed by atoms with Crippen molar-refractivity contribution in [2.75, 3.05) is 5.32 Å². The van der Waals surface area contributed by atoms with Crippen LogP contribution < -0.4 is 5.32 Å². The predicted octanol–water partition coefficient (Wildman–Crippen LogP) is 4.57. The van der Waals surface area contributed by atoms with E-state index in [2.05, 4.69) is 10.3 Å². The van der Waals surface area contributed by atoms with Crippen LogP contribution in [0.1, 0.15) is 38.5 Å². The van der Waals surface area contributed by atoms with Crippen LogP contribution in [0.4, 0.5) is 9.52 Å². The summed E-state index contributed by atoms with van der Waals surface area (Å²) < 4.78 is 14.0. The third-order valence-corrected chi connectivity index (χ3v) is 4.48. The number of rotatable bonds is 2. The Kier molecular flexibility index (Phi) is 3.46. The van der Waals surface area contributed by atoms with E-state index >= 15 is 0 Å². The minimum atomic E-state index is -0.188. The van der Waals surface area contributed by atoms with Crippen LogP contribution in [0.3, 0.4) is 0 Å². The second-order valence-electron chi connectivity index (χ2n) is 4.96. The first-order valence-electron chi connectivity index (χ1n) is 6.64. The molecule has 0 amide bonds. The maximum Gasteiger partial charge on any atom is 0.184 e. The number of aromatic nitrogens is 1. The van der Waals surface area contributed by atoms with E-state index in [0.29, 0.717) is 6.04 Å². The fraction of sp³-hybridized carbons (Fsp3) is 0.500. The van der Waals surface area contributed by atoms with Crippen LogP contribution in [0.5, 0.6) is 0 Å². The Morgan fingerprint density at radius 1 is 1.17 bits per heavy atom. The van der Waals surface area contributed by atoms with E-state index in [0.717, 1.165) is 15.3 Å². The highest BCUT2D eigenvalue weighted by Gasteiger charge is 2.14. The molecule has 96 valence electrons. The number of halogens is 1. The summed E-state index contributed by atoms with van der Waals surface area (Å²) in [6.07, 6.45) is 7.76. The monoisotopic (exact) mass is 264 g/mol. The van der Waals surface area contributed by atoms with Crippen LogP contribution in [0.25, 0.3) is 10.2 Å². The molecular formula is C14H17FN2S. The molecule has 1 aromatic heterocycles. The maximum absolute atomic E-state index is 13.1. The van der Waals surface area contributed by atoms with Crippen molar-refractivity contribution in [1.29, 1.82) is 0 Å². The van der Waals surface area contributed by atoms with Crippen molar-refractivity contribution in [2.24, 2.45) is 0 Å². The lowest BCUT2D eigenvalue weighted by molar-refractivity contribution is 0.619. The molecule has 2 nitrogen and oxygen atoms in total. The molecule has 0 unspecified atom stereocenters. The highest BCUT2D eigenvalue weighted by Crippen LogP contribution is 2.29. The highest BCUT2D eigenvalue weighted by molar-refractivity contribution is 7.22. The minimum absolute atomic E-state index is 0.188. The van der Waals surface area contributed by atoms with Crippen molar-refractivity contribution >= 4 is 26.7 Å². The van der Waals surface area contributed by atoms with Gasteiger partial charge in [-0.1, -0.05) is 37.0 Å². The molecule has 2 aromatic rings. The summed E-state index contributed by atoms with van der Waals surface area (Å²) in [6, 6.07) is 5.32. The van der Waals surface area contributed by atoms with E-state index in [1.165, 1.54) is 44.6 Å². The zero-order valence-electron chi connectivity index (χ0n) is 10.3. The van der Waals surface area contributed by atoms with Crippen LogP contribution in [-0.4, -0.2) is 11.0 Å². The second-order valence-corrected chi connectivity index (χ2v) is 5.99. The minimum Gasteiger partial charge on any atom is -0.359 e. The van der Waals surface area contributed by atoms with Gasteiger partial charge in [-0.05, 0) is 31.0 Å². The quantitative estimate of drug-likeness (QED) is 0.804. The summed E-state index contributed by atoms with van der Waals surface area (Å²) in [6.45, 7) is 0. The van der Waals surface area contributed by atoms with Crippen molar-refractivity contribution in [3.63, 3.8) is 0 Å². The van der Waals surface area contributed by atoms with Gasteiger partial charge in [-0.25, -0.2) is 9.37 Å². The summed E-state index contributed by atoms with van der Waals surface area (Å²) in [5.41, 5.74) is 0.887.